The zero-order valence-electron chi connectivity index (χ0n) is 11.2. The quantitative estimate of drug-likeness (QED) is 0.917. The van der Waals surface area contributed by atoms with Crippen LogP contribution in [0.2, 0.25) is 0 Å². The zero-order chi connectivity index (χ0) is 14.0. The van der Waals surface area contributed by atoms with Gasteiger partial charge in [-0.2, -0.15) is 5.10 Å². The molecule has 0 bridgehead atoms. The van der Waals surface area contributed by atoms with Gasteiger partial charge in [-0.3, -0.25) is 0 Å². The Hall–Kier alpha value is -2.30. The molecule has 0 atom stereocenters. The van der Waals surface area contributed by atoms with E-state index in [9.17, 15) is 4.79 Å². The Labute approximate surface area is 111 Å². The molecule has 1 aromatic carbocycles. The van der Waals surface area contributed by atoms with Crippen molar-refractivity contribution < 1.29 is 14.6 Å². The lowest BCUT2D eigenvalue weighted by Crippen LogP contribution is -2.03. The molecule has 0 unspecified atom stereocenters. The Balaban J connectivity index is 2.42. The third-order valence-electron chi connectivity index (χ3n) is 2.94. The SMILES string of the molecule is CCOc1ccc(-n2ncc(C(=O)O)c2C)cc1C. The molecule has 0 saturated carbocycles. The first-order valence-electron chi connectivity index (χ1n) is 6.06. The number of carboxylic acids is 1. The molecular weight excluding hydrogens is 244 g/mol. The molecule has 19 heavy (non-hydrogen) atoms. The second-order valence-corrected chi connectivity index (χ2v) is 4.24. The van der Waals surface area contributed by atoms with Crippen molar-refractivity contribution in [2.45, 2.75) is 20.8 Å². The van der Waals surface area contributed by atoms with Crippen LogP contribution < -0.4 is 4.74 Å². The van der Waals surface area contributed by atoms with Crippen LogP contribution in [-0.4, -0.2) is 27.5 Å². The molecule has 0 spiro atoms. The topological polar surface area (TPSA) is 64.4 Å². The summed E-state index contributed by atoms with van der Waals surface area (Å²) >= 11 is 0. The number of aromatic nitrogens is 2. The Morgan fingerprint density at radius 1 is 1.42 bits per heavy atom. The van der Waals surface area contributed by atoms with Crippen LogP contribution in [0.4, 0.5) is 0 Å². The van der Waals surface area contributed by atoms with Gasteiger partial charge in [-0.25, -0.2) is 9.48 Å². The van der Waals surface area contributed by atoms with E-state index < -0.39 is 5.97 Å². The summed E-state index contributed by atoms with van der Waals surface area (Å²) in [6.07, 6.45) is 1.36. The number of hydrogen-bond donors (Lipinski definition) is 1. The fraction of sp³-hybridized carbons (Fsp3) is 0.286. The van der Waals surface area contributed by atoms with Gasteiger partial charge in [0.25, 0.3) is 0 Å². The van der Waals surface area contributed by atoms with Gasteiger partial charge in [0, 0.05) is 0 Å². The average molecular weight is 260 g/mol. The number of carbonyl (C=O) groups is 1. The van der Waals surface area contributed by atoms with Crippen LogP contribution in [-0.2, 0) is 0 Å². The molecule has 1 heterocycles. The Morgan fingerprint density at radius 3 is 2.68 bits per heavy atom. The third kappa shape index (κ3) is 2.45. The van der Waals surface area contributed by atoms with Crippen LogP contribution in [0.15, 0.2) is 24.4 Å². The minimum Gasteiger partial charge on any atom is -0.494 e. The van der Waals surface area contributed by atoms with E-state index in [0.29, 0.717) is 12.3 Å². The number of carboxylic acid groups (broad SMARTS) is 1. The van der Waals surface area contributed by atoms with E-state index in [1.54, 1.807) is 11.6 Å². The fourth-order valence-corrected chi connectivity index (χ4v) is 1.96. The molecule has 0 fully saturated rings. The van der Waals surface area contributed by atoms with Gasteiger partial charge >= 0.3 is 5.97 Å². The molecule has 0 saturated heterocycles. The van der Waals surface area contributed by atoms with Gasteiger partial charge in [0.05, 0.1) is 24.2 Å². The van der Waals surface area contributed by atoms with Gasteiger partial charge < -0.3 is 9.84 Å². The first kappa shape index (κ1) is 13.1. The lowest BCUT2D eigenvalue weighted by Gasteiger charge is -2.10. The number of ether oxygens (including phenoxy) is 1. The molecule has 5 heteroatoms. The fourth-order valence-electron chi connectivity index (χ4n) is 1.96. The van der Waals surface area contributed by atoms with Crippen LogP contribution in [0.25, 0.3) is 5.69 Å². The van der Waals surface area contributed by atoms with E-state index in [1.165, 1.54) is 6.20 Å². The first-order valence-corrected chi connectivity index (χ1v) is 6.06. The third-order valence-corrected chi connectivity index (χ3v) is 2.94. The summed E-state index contributed by atoms with van der Waals surface area (Å²) in [7, 11) is 0. The normalized spacial score (nSPS) is 10.5. The smallest absolute Gasteiger partial charge is 0.339 e. The van der Waals surface area contributed by atoms with E-state index in [4.69, 9.17) is 9.84 Å². The highest BCUT2D eigenvalue weighted by atomic mass is 16.5. The first-order chi connectivity index (χ1) is 9.04. The van der Waals surface area contributed by atoms with Crippen LogP contribution >= 0.6 is 0 Å². The van der Waals surface area contributed by atoms with Crippen molar-refractivity contribution >= 4 is 5.97 Å². The maximum Gasteiger partial charge on any atom is 0.339 e. The molecule has 100 valence electrons. The largest absolute Gasteiger partial charge is 0.494 e. The minimum atomic E-state index is -0.966. The Bertz CT molecular complexity index is 617. The number of aryl methyl sites for hydroxylation is 1. The summed E-state index contributed by atoms with van der Waals surface area (Å²) in [4.78, 5) is 11.0. The lowest BCUT2D eigenvalue weighted by molar-refractivity contribution is 0.0696. The van der Waals surface area contributed by atoms with Gasteiger partial charge in [-0.15, -0.1) is 0 Å². The van der Waals surface area contributed by atoms with Gasteiger partial charge in [-0.1, -0.05) is 0 Å². The zero-order valence-corrected chi connectivity index (χ0v) is 11.2. The molecule has 2 aromatic rings. The van der Waals surface area contributed by atoms with E-state index in [2.05, 4.69) is 5.10 Å². The molecular formula is C14H16N2O3. The van der Waals surface area contributed by atoms with Gasteiger partial charge in [0.1, 0.15) is 11.3 Å². The highest BCUT2D eigenvalue weighted by Crippen LogP contribution is 2.22. The van der Waals surface area contributed by atoms with Crippen LogP contribution in [0.3, 0.4) is 0 Å². The molecule has 2 rings (SSSR count). The second kappa shape index (κ2) is 5.14. The number of benzene rings is 1. The monoisotopic (exact) mass is 260 g/mol. The van der Waals surface area contributed by atoms with Crippen molar-refractivity contribution in [3.05, 3.63) is 41.2 Å². The number of rotatable bonds is 4. The second-order valence-electron chi connectivity index (χ2n) is 4.24. The maximum atomic E-state index is 11.0. The van der Waals surface area contributed by atoms with Crippen molar-refractivity contribution in [3.63, 3.8) is 0 Å². The van der Waals surface area contributed by atoms with Crippen LogP contribution in [0, 0.1) is 13.8 Å². The summed E-state index contributed by atoms with van der Waals surface area (Å²) in [5.74, 6) is -0.138. The number of nitrogens with zero attached hydrogens (tertiary/aromatic N) is 2. The van der Waals surface area contributed by atoms with E-state index >= 15 is 0 Å². The van der Waals surface area contributed by atoms with Crippen LogP contribution in [0.1, 0.15) is 28.5 Å². The van der Waals surface area contributed by atoms with Crippen molar-refractivity contribution in [2.24, 2.45) is 0 Å². The minimum absolute atomic E-state index is 0.214. The molecule has 1 aromatic heterocycles. The molecule has 0 amide bonds. The molecule has 1 N–H and O–H groups in total. The van der Waals surface area contributed by atoms with Gasteiger partial charge in [-0.05, 0) is 44.5 Å². The van der Waals surface area contributed by atoms with Crippen molar-refractivity contribution in [1.82, 2.24) is 9.78 Å². The summed E-state index contributed by atoms with van der Waals surface area (Å²) in [5.41, 5.74) is 2.64. The number of aromatic carboxylic acids is 1. The van der Waals surface area contributed by atoms with Crippen molar-refractivity contribution in [2.75, 3.05) is 6.61 Å². The molecule has 0 aliphatic rings. The maximum absolute atomic E-state index is 11.0. The molecule has 5 nitrogen and oxygen atoms in total. The van der Waals surface area contributed by atoms with Gasteiger partial charge in [0.2, 0.25) is 0 Å². The molecule has 0 radical (unpaired) electrons. The summed E-state index contributed by atoms with van der Waals surface area (Å²) in [6, 6.07) is 5.66. The summed E-state index contributed by atoms with van der Waals surface area (Å²) in [5, 5.41) is 13.1. The highest BCUT2D eigenvalue weighted by Gasteiger charge is 2.14. The van der Waals surface area contributed by atoms with Crippen molar-refractivity contribution in [1.29, 1.82) is 0 Å². The van der Waals surface area contributed by atoms with E-state index in [1.807, 2.05) is 32.0 Å². The molecule has 0 aliphatic carbocycles. The number of hydrogen-bond acceptors (Lipinski definition) is 3. The Morgan fingerprint density at radius 2 is 2.16 bits per heavy atom. The van der Waals surface area contributed by atoms with Crippen LogP contribution in [0.5, 0.6) is 5.75 Å². The predicted molar refractivity (Wildman–Crippen MR) is 71.2 cm³/mol. The van der Waals surface area contributed by atoms with Gasteiger partial charge in [0.15, 0.2) is 0 Å². The lowest BCUT2D eigenvalue weighted by atomic mass is 10.2. The highest BCUT2D eigenvalue weighted by molar-refractivity contribution is 5.88. The standard InChI is InChI=1S/C14H16N2O3/c1-4-19-13-6-5-11(7-9(13)2)16-10(3)12(8-15-16)14(17)18/h5-8H,4H2,1-3H3,(H,17,18). The summed E-state index contributed by atoms with van der Waals surface area (Å²) < 4.78 is 7.09. The average Bonchev–Trinajstić information content (AvgIpc) is 2.74. The predicted octanol–water partition coefficient (Wildman–Crippen LogP) is 2.59. The van der Waals surface area contributed by atoms with E-state index in [-0.39, 0.29) is 5.56 Å². The Kier molecular flexibility index (Phi) is 3.55. The summed E-state index contributed by atoms with van der Waals surface area (Å²) in [6.45, 7) is 6.24. The van der Waals surface area contributed by atoms with Crippen molar-refractivity contribution in [3.8, 4) is 11.4 Å². The van der Waals surface area contributed by atoms with E-state index in [0.717, 1.165) is 17.0 Å². The molecule has 0 aliphatic heterocycles.